The van der Waals surface area contributed by atoms with Crippen molar-refractivity contribution < 1.29 is 31.8 Å². The number of rotatable bonds is 2. The molecule has 1 fully saturated rings. The lowest BCUT2D eigenvalue weighted by Gasteiger charge is -2.43. The van der Waals surface area contributed by atoms with E-state index >= 15 is 0 Å². The predicted molar refractivity (Wildman–Crippen MR) is 117 cm³/mol. The smallest absolute Gasteiger partial charge is 0.383 e. The molecule has 0 radical (unpaired) electrons. The fraction of sp³-hybridized carbons (Fsp3) is 0.417. The maximum atomic E-state index is 14.9. The van der Waals surface area contributed by atoms with E-state index in [1.54, 1.807) is 25.1 Å². The summed E-state index contributed by atoms with van der Waals surface area (Å²) in [5, 5.41) is 0.753. The van der Waals surface area contributed by atoms with Crippen LogP contribution in [0.2, 0.25) is 0 Å². The number of nitrogens with zero attached hydrogens (tertiary/aromatic N) is 2. The molecular weight excluding hydrogens is 454 g/mol. The Hall–Kier alpha value is -2.98. The van der Waals surface area contributed by atoms with Gasteiger partial charge in [0.2, 0.25) is 0 Å². The molecule has 2 N–H and O–H groups in total. The molecule has 0 spiro atoms. The van der Waals surface area contributed by atoms with Gasteiger partial charge in [-0.1, -0.05) is 12.2 Å². The summed E-state index contributed by atoms with van der Waals surface area (Å²) in [6.45, 7) is 2.73. The predicted octanol–water partition coefficient (Wildman–Crippen LogP) is 4.23. The first-order valence-electron chi connectivity index (χ1n) is 11.0. The molecular formula is C24H23F4N3O3. The number of allylic oxidation sites excluding steroid dienone is 3. The number of halogens is 4. The van der Waals surface area contributed by atoms with Crippen molar-refractivity contribution in [2.24, 2.45) is 0 Å². The van der Waals surface area contributed by atoms with Gasteiger partial charge in [0.05, 0.1) is 44.0 Å². The molecule has 3 aliphatic rings. The number of carbonyl (C=O) groups excluding carboxylic acids is 1. The number of aromatic nitrogens is 1. The van der Waals surface area contributed by atoms with Crippen molar-refractivity contribution in [3.63, 3.8) is 0 Å². The molecule has 1 saturated heterocycles. The third-order valence-electron chi connectivity index (χ3n) is 6.64. The zero-order valence-corrected chi connectivity index (χ0v) is 18.4. The molecule has 34 heavy (non-hydrogen) atoms. The minimum Gasteiger partial charge on any atom is -0.383 e. The van der Waals surface area contributed by atoms with Crippen molar-refractivity contribution in [3.8, 4) is 0 Å². The van der Waals surface area contributed by atoms with E-state index in [1.807, 2.05) is 0 Å². The van der Waals surface area contributed by atoms with E-state index in [1.165, 1.54) is 4.90 Å². The van der Waals surface area contributed by atoms with E-state index in [-0.39, 0.29) is 24.7 Å². The van der Waals surface area contributed by atoms with Crippen LogP contribution in [0, 0.1) is 0 Å². The van der Waals surface area contributed by atoms with Crippen molar-refractivity contribution in [2.75, 3.05) is 18.9 Å². The monoisotopic (exact) mass is 477 g/mol. The molecule has 3 atom stereocenters. The molecule has 2 aliphatic heterocycles. The van der Waals surface area contributed by atoms with Gasteiger partial charge in [0, 0.05) is 28.5 Å². The Morgan fingerprint density at radius 3 is 2.65 bits per heavy atom. The highest BCUT2D eigenvalue weighted by atomic mass is 19.4. The number of alkyl halides is 4. The van der Waals surface area contributed by atoms with Crippen molar-refractivity contribution in [2.45, 2.75) is 51.0 Å². The van der Waals surface area contributed by atoms with Crippen LogP contribution in [0.4, 0.5) is 23.4 Å². The van der Waals surface area contributed by atoms with Crippen LogP contribution in [0.3, 0.4) is 0 Å². The summed E-state index contributed by atoms with van der Waals surface area (Å²) >= 11 is 0. The number of carbonyl (C=O) groups is 1. The Labute approximate surface area is 193 Å². The van der Waals surface area contributed by atoms with Crippen molar-refractivity contribution in [1.82, 2.24) is 9.88 Å². The molecule has 5 rings (SSSR count). The molecule has 10 heteroatoms. The normalized spacial score (nSPS) is 25.2. The third-order valence-corrected chi connectivity index (χ3v) is 6.64. The van der Waals surface area contributed by atoms with Crippen LogP contribution in [0.1, 0.15) is 34.8 Å². The first-order chi connectivity index (χ1) is 16.1. The maximum absolute atomic E-state index is 14.9. The second-order valence-electron chi connectivity index (χ2n) is 8.82. The molecule has 0 saturated carbocycles. The van der Waals surface area contributed by atoms with Crippen LogP contribution in [0.25, 0.3) is 10.9 Å². The van der Waals surface area contributed by atoms with E-state index in [4.69, 9.17) is 15.2 Å². The largest absolute Gasteiger partial charge is 0.412 e. The van der Waals surface area contributed by atoms with Crippen LogP contribution in [0.5, 0.6) is 0 Å². The fourth-order valence-electron chi connectivity index (χ4n) is 4.88. The van der Waals surface area contributed by atoms with Gasteiger partial charge in [0.25, 0.3) is 5.91 Å². The SMILES string of the molecule is C[C@@H]1COC[C@H](C2=CC=C(C(F)(F)F)CC2F)N1C(=O)c1ccc2nc(N)c3c(c2c1)COC3. The van der Waals surface area contributed by atoms with Crippen LogP contribution >= 0.6 is 0 Å². The molecule has 180 valence electrons. The number of benzene rings is 1. The van der Waals surface area contributed by atoms with E-state index in [9.17, 15) is 22.4 Å². The number of hydrogen-bond acceptors (Lipinski definition) is 5. The summed E-state index contributed by atoms with van der Waals surface area (Å²) in [5.74, 6) is 0.0383. The second kappa shape index (κ2) is 8.35. The molecule has 3 heterocycles. The van der Waals surface area contributed by atoms with Gasteiger partial charge in [-0.2, -0.15) is 13.2 Å². The van der Waals surface area contributed by atoms with Crippen molar-refractivity contribution >= 4 is 22.6 Å². The van der Waals surface area contributed by atoms with Crippen LogP contribution in [0.15, 0.2) is 41.5 Å². The zero-order valence-electron chi connectivity index (χ0n) is 18.4. The first-order valence-corrected chi connectivity index (χ1v) is 11.0. The summed E-state index contributed by atoms with van der Waals surface area (Å²) in [4.78, 5) is 19.6. The van der Waals surface area contributed by atoms with Gasteiger partial charge in [0.1, 0.15) is 12.0 Å². The zero-order chi connectivity index (χ0) is 24.2. The van der Waals surface area contributed by atoms with Crippen molar-refractivity contribution in [3.05, 3.63) is 58.2 Å². The number of hydrogen-bond donors (Lipinski definition) is 1. The van der Waals surface area contributed by atoms with E-state index in [2.05, 4.69) is 4.98 Å². The lowest BCUT2D eigenvalue weighted by atomic mass is 9.89. The van der Waals surface area contributed by atoms with Crippen LogP contribution in [-0.2, 0) is 22.7 Å². The summed E-state index contributed by atoms with van der Waals surface area (Å²) < 4.78 is 65.1. The number of morpholine rings is 1. The number of amides is 1. The number of ether oxygens (including phenoxy) is 2. The first kappa shape index (κ1) is 22.8. The molecule has 1 aliphatic carbocycles. The Morgan fingerprint density at radius 2 is 1.91 bits per heavy atom. The standard InChI is InChI=1S/C24H23F4N3O3/c1-12-8-33-11-21(15-4-3-14(7-19(15)25)24(26,27)28)31(12)23(32)13-2-5-20-16(6-13)17-9-34-10-18(17)22(29)30-20/h2-6,12,19,21H,7-11H2,1H3,(H2,29,30)/t12-,19?,21-/m1/s1. The minimum absolute atomic E-state index is 0.00638. The summed E-state index contributed by atoms with van der Waals surface area (Å²) in [7, 11) is 0. The molecule has 6 nitrogen and oxygen atoms in total. The molecule has 0 bridgehead atoms. The Kier molecular flexibility index (Phi) is 5.60. The number of nitrogens with two attached hydrogens (primary N) is 1. The number of nitrogen functional groups attached to an aromatic ring is 1. The molecule has 2 aromatic rings. The summed E-state index contributed by atoms with van der Waals surface area (Å²) in [5.41, 5.74) is 7.89. The lowest BCUT2D eigenvalue weighted by Crippen LogP contribution is -2.55. The molecule has 1 unspecified atom stereocenters. The van der Waals surface area contributed by atoms with E-state index < -0.39 is 36.4 Å². The van der Waals surface area contributed by atoms with Gasteiger partial charge < -0.3 is 20.1 Å². The number of fused-ring (bicyclic) bond motifs is 3. The van der Waals surface area contributed by atoms with Crippen LogP contribution in [-0.4, -0.2) is 53.4 Å². The fourth-order valence-corrected chi connectivity index (χ4v) is 4.88. The quantitative estimate of drug-likeness (QED) is 0.655. The van der Waals surface area contributed by atoms with Gasteiger partial charge in [-0.15, -0.1) is 0 Å². The topological polar surface area (TPSA) is 77.7 Å². The maximum Gasteiger partial charge on any atom is 0.412 e. The summed E-state index contributed by atoms with van der Waals surface area (Å²) in [6, 6.07) is 3.84. The second-order valence-corrected chi connectivity index (χ2v) is 8.82. The summed E-state index contributed by atoms with van der Waals surface area (Å²) in [6.07, 6.45) is -5.20. The van der Waals surface area contributed by atoms with Gasteiger partial charge >= 0.3 is 6.18 Å². The highest BCUT2D eigenvalue weighted by molar-refractivity contribution is 5.99. The van der Waals surface area contributed by atoms with E-state index in [0.717, 1.165) is 28.7 Å². The number of anilines is 1. The van der Waals surface area contributed by atoms with Gasteiger partial charge in [-0.3, -0.25) is 4.79 Å². The third kappa shape index (κ3) is 3.84. The Bertz CT molecular complexity index is 1220. The Balaban J connectivity index is 1.52. The average molecular weight is 477 g/mol. The van der Waals surface area contributed by atoms with Crippen LogP contribution < -0.4 is 5.73 Å². The number of pyridine rings is 1. The molecule has 1 aromatic carbocycles. The van der Waals surface area contributed by atoms with Gasteiger partial charge in [-0.05, 0) is 36.3 Å². The highest BCUT2D eigenvalue weighted by Gasteiger charge is 2.42. The highest BCUT2D eigenvalue weighted by Crippen LogP contribution is 2.37. The van der Waals surface area contributed by atoms with Gasteiger partial charge in [-0.25, -0.2) is 9.37 Å². The molecule has 1 amide bonds. The average Bonchev–Trinajstić information content (AvgIpc) is 3.29. The van der Waals surface area contributed by atoms with Gasteiger partial charge in [0.15, 0.2) is 0 Å². The van der Waals surface area contributed by atoms with Crippen molar-refractivity contribution in [1.29, 1.82) is 0 Å². The lowest BCUT2D eigenvalue weighted by molar-refractivity contribution is -0.0960. The minimum atomic E-state index is -4.59. The molecule has 1 aromatic heterocycles. The Morgan fingerprint density at radius 1 is 1.15 bits per heavy atom. The van der Waals surface area contributed by atoms with E-state index in [0.29, 0.717) is 30.1 Å².